The summed E-state index contributed by atoms with van der Waals surface area (Å²) in [6.45, 7) is 6.39. The lowest BCUT2D eigenvalue weighted by Gasteiger charge is -2.38. The lowest BCUT2D eigenvalue weighted by atomic mass is 10.0. The number of rotatable bonds is 5. The molecule has 37 heavy (non-hydrogen) atoms. The number of carbonyl (C=O) groups is 1. The minimum atomic E-state index is -0.148. The first kappa shape index (κ1) is 23.1. The van der Waals surface area contributed by atoms with Gasteiger partial charge in [-0.1, -0.05) is 48.5 Å². The van der Waals surface area contributed by atoms with Crippen LogP contribution in [0, 0.1) is 13.8 Å². The van der Waals surface area contributed by atoms with E-state index >= 15 is 0 Å². The molecule has 0 radical (unpaired) electrons. The summed E-state index contributed by atoms with van der Waals surface area (Å²) in [5.41, 5.74) is 5.14. The molecule has 0 bridgehead atoms. The smallest absolute Gasteiger partial charge is 0.253 e. The Hall–Kier alpha value is -4.30. The predicted molar refractivity (Wildman–Crippen MR) is 139 cm³/mol. The number of nitrogens with zero attached hydrogens (tertiary/aromatic N) is 5. The molecule has 0 spiro atoms. The van der Waals surface area contributed by atoms with Gasteiger partial charge in [0.05, 0.1) is 0 Å². The SMILES string of the molecule is Cc1nnc([C@@H](c2ccccc2)N2CCN(C(=O)c3cccc(-c4nc5c(C)cccc5o4)c3)CC2)o1. The van der Waals surface area contributed by atoms with Gasteiger partial charge in [-0.2, -0.15) is 0 Å². The quantitative estimate of drug-likeness (QED) is 0.339. The highest BCUT2D eigenvalue weighted by Gasteiger charge is 2.31. The number of hydrogen-bond donors (Lipinski definition) is 0. The Morgan fingerprint density at radius 3 is 2.38 bits per heavy atom. The average Bonchev–Trinajstić information content (AvgIpc) is 3.57. The average molecular weight is 494 g/mol. The number of carbonyl (C=O) groups excluding carboxylic acids is 1. The van der Waals surface area contributed by atoms with Crippen LogP contribution in [0.1, 0.15) is 39.3 Å². The number of hydrogen-bond acceptors (Lipinski definition) is 7. The minimum Gasteiger partial charge on any atom is -0.436 e. The topological polar surface area (TPSA) is 88.5 Å². The van der Waals surface area contributed by atoms with Gasteiger partial charge >= 0.3 is 0 Å². The van der Waals surface area contributed by atoms with Crippen molar-refractivity contribution in [3.63, 3.8) is 0 Å². The van der Waals surface area contributed by atoms with Gasteiger partial charge in [-0.05, 0) is 42.3 Å². The molecule has 0 saturated carbocycles. The molecule has 1 fully saturated rings. The van der Waals surface area contributed by atoms with E-state index in [0.29, 0.717) is 49.4 Å². The summed E-state index contributed by atoms with van der Waals surface area (Å²) in [6, 6.07) is 23.4. The predicted octanol–water partition coefficient (Wildman–Crippen LogP) is 5.04. The van der Waals surface area contributed by atoms with E-state index in [0.717, 1.165) is 27.8 Å². The van der Waals surface area contributed by atoms with E-state index in [1.807, 2.05) is 72.5 Å². The van der Waals surface area contributed by atoms with Crippen molar-refractivity contribution in [2.75, 3.05) is 26.2 Å². The van der Waals surface area contributed by atoms with Crippen LogP contribution in [0.15, 0.2) is 81.6 Å². The molecule has 1 aliphatic rings. The van der Waals surface area contributed by atoms with Crippen LogP contribution in [0.25, 0.3) is 22.6 Å². The third kappa shape index (κ3) is 4.51. The zero-order valence-electron chi connectivity index (χ0n) is 20.8. The Morgan fingerprint density at radius 1 is 0.865 bits per heavy atom. The molecule has 1 saturated heterocycles. The van der Waals surface area contributed by atoms with Crippen LogP contribution in [0.5, 0.6) is 0 Å². The number of oxazole rings is 1. The fourth-order valence-corrected chi connectivity index (χ4v) is 4.93. The summed E-state index contributed by atoms with van der Waals surface area (Å²) in [5, 5.41) is 8.35. The third-order valence-electron chi connectivity index (χ3n) is 6.83. The molecule has 8 heteroatoms. The van der Waals surface area contributed by atoms with Crippen LogP contribution < -0.4 is 0 Å². The van der Waals surface area contributed by atoms with Gasteiger partial charge in [0.2, 0.25) is 17.7 Å². The molecule has 1 atom stereocenters. The molecular weight excluding hydrogens is 466 g/mol. The number of aryl methyl sites for hydroxylation is 2. The van der Waals surface area contributed by atoms with Crippen molar-refractivity contribution in [1.82, 2.24) is 25.0 Å². The summed E-state index contributed by atoms with van der Waals surface area (Å²) < 4.78 is 11.8. The molecule has 3 heterocycles. The van der Waals surface area contributed by atoms with Crippen molar-refractivity contribution >= 4 is 17.0 Å². The Kier molecular flexibility index (Phi) is 6.02. The lowest BCUT2D eigenvalue weighted by Crippen LogP contribution is -2.50. The molecule has 186 valence electrons. The van der Waals surface area contributed by atoms with Crippen molar-refractivity contribution < 1.29 is 13.6 Å². The molecule has 0 aliphatic carbocycles. The van der Waals surface area contributed by atoms with E-state index in [1.54, 1.807) is 6.92 Å². The van der Waals surface area contributed by atoms with Crippen molar-refractivity contribution in [3.05, 3.63) is 101 Å². The van der Waals surface area contributed by atoms with Crippen molar-refractivity contribution in [2.24, 2.45) is 0 Å². The third-order valence-corrected chi connectivity index (χ3v) is 6.83. The van der Waals surface area contributed by atoms with Gasteiger partial charge in [0, 0.05) is 44.2 Å². The van der Waals surface area contributed by atoms with E-state index in [4.69, 9.17) is 8.83 Å². The molecule has 1 amide bonds. The fraction of sp³-hybridized carbons (Fsp3) is 0.241. The van der Waals surface area contributed by atoms with Gasteiger partial charge in [-0.15, -0.1) is 10.2 Å². The number of para-hydroxylation sites is 1. The molecule has 1 aliphatic heterocycles. The first-order valence-electron chi connectivity index (χ1n) is 12.4. The standard InChI is InChI=1S/C29H27N5O3/c1-19-8-6-13-24-25(19)30-27(37-24)22-11-7-12-23(18-22)29(35)34-16-14-33(15-17-34)26(21-9-4-3-5-10-21)28-32-31-20(2)36-28/h3-13,18,26H,14-17H2,1-2H3/t26-/m1/s1. The number of benzene rings is 3. The summed E-state index contributed by atoms with van der Waals surface area (Å²) in [6.07, 6.45) is 0. The maximum absolute atomic E-state index is 13.4. The van der Waals surface area contributed by atoms with Gasteiger partial charge in [0.1, 0.15) is 11.6 Å². The number of fused-ring (bicyclic) bond motifs is 1. The maximum atomic E-state index is 13.4. The van der Waals surface area contributed by atoms with Crippen LogP contribution in [0.4, 0.5) is 0 Å². The van der Waals surface area contributed by atoms with Gasteiger partial charge in [-0.25, -0.2) is 4.98 Å². The number of amides is 1. The second-order valence-electron chi connectivity index (χ2n) is 9.32. The molecule has 3 aromatic carbocycles. The molecule has 0 unspecified atom stereocenters. The Bertz CT molecular complexity index is 1550. The lowest BCUT2D eigenvalue weighted by molar-refractivity contribution is 0.0578. The number of piperazine rings is 1. The summed E-state index contributed by atoms with van der Waals surface area (Å²) in [4.78, 5) is 22.3. The molecule has 6 rings (SSSR count). The van der Waals surface area contributed by atoms with E-state index < -0.39 is 0 Å². The normalized spacial score (nSPS) is 15.2. The van der Waals surface area contributed by atoms with Crippen LogP contribution in [-0.2, 0) is 0 Å². The van der Waals surface area contributed by atoms with E-state index in [1.165, 1.54) is 0 Å². The zero-order chi connectivity index (χ0) is 25.4. The van der Waals surface area contributed by atoms with Crippen LogP contribution in [0.2, 0.25) is 0 Å². The van der Waals surface area contributed by atoms with Crippen LogP contribution >= 0.6 is 0 Å². The Labute approximate surface area is 214 Å². The van der Waals surface area contributed by atoms with Gasteiger partial charge in [-0.3, -0.25) is 9.69 Å². The first-order valence-corrected chi connectivity index (χ1v) is 12.4. The van der Waals surface area contributed by atoms with E-state index in [2.05, 4.69) is 32.2 Å². The molecule has 5 aromatic rings. The van der Waals surface area contributed by atoms with Gasteiger partial charge in [0.25, 0.3) is 5.91 Å². The second-order valence-corrected chi connectivity index (χ2v) is 9.32. The van der Waals surface area contributed by atoms with Crippen molar-refractivity contribution in [3.8, 4) is 11.5 Å². The van der Waals surface area contributed by atoms with E-state index in [-0.39, 0.29) is 11.9 Å². The fourth-order valence-electron chi connectivity index (χ4n) is 4.93. The van der Waals surface area contributed by atoms with Gasteiger partial charge < -0.3 is 13.7 Å². The molecule has 0 N–H and O–H groups in total. The highest BCUT2D eigenvalue weighted by atomic mass is 16.4. The summed E-state index contributed by atoms with van der Waals surface area (Å²) in [7, 11) is 0. The summed E-state index contributed by atoms with van der Waals surface area (Å²) >= 11 is 0. The zero-order valence-corrected chi connectivity index (χ0v) is 20.8. The molecular formula is C29H27N5O3. The Morgan fingerprint density at radius 2 is 1.65 bits per heavy atom. The van der Waals surface area contributed by atoms with E-state index in [9.17, 15) is 4.79 Å². The maximum Gasteiger partial charge on any atom is 0.253 e. The number of aromatic nitrogens is 3. The van der Waals surface area contributed by atoms with Gasteiger partial charge in [0.15, 0.2) is 5.58 Å². The van der Waals surface area contributed by atoms with Crippen LogP contribution in [0.3, 0.4) is 0 Å². The largest absolute Gasteiger partial charge is 0.436 e. The highest BCUT2D eigenvalue weighted by molar-refractivity contribution is 5.95. The van der Waals surface area contributed by atoms with Crippen LogP contribution in [-0.4, -0.2) is 57.1 Å². The molecule has 8 nitrogen and oxygen atoms in total. The Balaban J connectivity index is 1.19. The summed E-state index contributed by atoms with van der Waals surface area (Å²) in [5.74, 6) is 1.63. The monoisotopic (exact) mass is 493 g/mol. The minimum absolute atomic E-state index is 0.00122. The van der Waals surface area contributed by atoms with Crippen molar-refractivity contribution in [2.45, 2.75) is 19.9 Å². The molecule has 2 aromatic heterocycles. The second kappa shape index (κ2) is 9.63. The van der Waals surface area contributed by atoms with Crippen molar-refractivity contribution in [1.29, 1.82) is 0 Å². The highest BCUT2D eigenvalue weighted by Crippen LogP contribution is 2.30. The first-order chi connectivity index (χ1) is 18.1.